The number of benzene rings is 2. The Kier molecular flexibility index (Phi) is 6.89. The number of hydrogen-bond acceptors (Lipinski definition) is 3. The Hall–Kier alpha value is -3.28. The van der Waals surface area contributed by atoms with Crippen LogP contribution in [0.25, 0.3) is 11.3 Å². The van der Waals surface area contributed by atoms with Crippen molar-refractivity contribution in [2.45, 2.75) is 13.0 Å². The summed E-state index contributed by atoms with van der Waals surface area (Å²) >= 11 is 0. The van der Waals surface area contributed by atoms with E-state index in [1.807, 2.05) is 38.5 Å². The molecule has 0 bridgehead atoms. The molecule has 0 unspecified atom stereocenters. The van der Waals surface area contributed by atoms with Gasteiger partial charge in [-0.15, -0.1) is 0 Å². The van der Waals surface area contributed by atoms with Crippen LogP contribution in [-0.4, -0.2) is 55.6 Å². The fourth-order valence-electron chi connectivity index (χ4n) is 3.17. The van der Waals surface area contributed by atoms with Gasteiger partial charge in [-0.3, -0.25) is 4.99 Å². The van der Waals surface area contributed by atoms with Crippen molar-refractivity contribution >= 4 is 11.6 Å². The summed E-state index contributed by atoms with van der Waals surface area (Å²) in [4.78, 5) is 16.5. The number of guanidine groups is 1. The zero-order chi connectivity index (χ0) is 20.6. The molecule has 0 saturated carbocycles. The second kappa shape index (κ2) is 9.78. The third-order valence-corrected chi connectivity index (χ3v) is 4.82. The predicted octanol–water partition coefficient (Wildman–Crippen LogP) is 3.39. The van der Waals surface area contributed by atoms with Gasteiger partial charge >= 0.3 is 0 Å². The summed E-state index contributed by atoms with van der Waals surface area (Å²) in [5.41, 5.74) is 4.68. The third-order valence-electron chi connectivity index (χ3n) is 4.82. The first-order valence-electron chi connectivity index (χ1n) is 9.84. The zero-order valence-corrected chi connectivity index (χ0v) is 17.7. The van der Waals surface area contributed by atoms with Gasteiger partial charge in [0.25, 0.3) is 0 Å². The van der Waals surface area contributed by atoms with Gasteiger partial charge in [0.1, 0.15) is 5.82 Å². The molecule has 2 aromatic carbocycles. The minimum atomic E-state index is 0.657. The number of nitrogens with zero attached hydrogens (tertiary/aromatic N) is 4. The molecule has 0 aliphatic heterocycles. The van der Waals surface area contributed by atoms with Gasteiger partial charge in [-0.2, -0.15) is 0 Å². The van der Waals surface area contributed by atoms with Crippen LogP contribution in [0.1, 0.15) is 11.4 Å². The minimum absolute atomic E-state index is 0.657. The van der Waals surface area contributed by atoms with Gasteiger partial charge in [0, 0.05) is 40.4 Å². The molecule has 6 heteroatoms. The van der Waals surface area contributed by atoms with E-state index in [2.05, 4.69) is 80.6 Å². The Balaban J connectivity index is 1.51. The first-order chi connectivity index (χ1) is 14.1. The Morgan fingerprint density at radius 2 is 1.76 bits per heavy atom. The summed E-state index contributed by atoms with van der Waals surface area (Å²) in [6.45, 7) is 1.48. The average molecular weight is 391 g/mol. The number of H-pyrrole nitrogens is 1. The Bertz CT molecular complexity index is 912. The maximum absolute atomic E-state index is 4.52. The van der Waals surface area contributed by atoms with Gasteiger partial charge in [0.05, 0.1) is 18.4 Å². The molecule has 29 heavy (non-hydrogen) atoms. The molecule has 0 fully saturated rings. The van der Waals surface area contributed by atoms with Crippen molar-refractivity contribution in [3.8, 4) is 11.3 Å². The molecular weight excluding hydrogens is 360 g/mol. The van der Waals surface area contributed by atoms with Gasteiger partial charge in [-0.25, -0.2) is 4.98 Å². The van der Waals surface area contributed by atoms with E-state index in [1.54, 1.807) is 0 Å². The molecule has 1 heterocycles. The van der Waals surface area contributed by atoms with Gasteiger partial charge < -0.3 is 20.1 Å². The molecule has 152 valence electrons. The van der Waals surface area contributed by atoms with Crippen LogP contribution in [0.15, 0.2) is 65.8 Å². The van der Waals surface area contributed by atoms with E-state index in [4.69, 9.17) is 0 Å². The smallest absolute Gasteiger partial charge is 0.193 e. The Morgan fingerprint density at radius 1 is 1.03 bits per heavy atom. The molecule has 0 aliphatic rings. The molecule has 3 rings (SSSR count). The molecule has 0 saturated heterocycles. The first-order valence-corrected chi connectivity index (χ1v) is 9.84. The van der Waals surface area contributed by atoms with Crippen LogP contribution < -0.4 is 10.2 Å². The van der Waals surface area contributed by atoms with E-state index in [0.29, 0.717) is 6.54 Å². The Morgan fingerprint density at radius 3 is 2.41 bits per heavy atom. The monoisotopic (exact) mass is 390 g/mol. The van der Waals surface area contributed by atoms with Crippen molar-refractivity contribution < 1.29 is 0 Å². The summed E-state index contributed by atoms with van der Waals surface area (Å²) < 4.78 is 0. The lowest BCUT2D eigenvalue weighted by Gasteiger charge is -2.21. The molecule has 1 aromatic heterocycles. The second-order valence-corrected chi connectivity index (χ2v) is 7.25. The van der Waals surface area contributed by atoms with Crippen molar-refractivity contribution in [3.05, 3.63) is 72.2 Å². The largest absolute Gasteiger partial charge is 0.378 e. The fraction of sp³-hybridized carbons (Fsp3) is 0.304. The van der Waals surface area contributed by atoms with Gasteiger partial charge in [-0.1, -0.05) is 42.5 Å². The van der Waals surface area contributed by atoms with Crippen molar-refractivity contribution in [1.29, 1.82) is 0 Å². The molecule has 0 aliphatic carbocycles. The Labute approximate surface area is 173 Å². The first kappa shape index (κ1) is 20.5. The van der Waals surface area contributed by atoms with E-state index in [-0.39, 0.29) is 0 Å². The summed E-state index contributed by atoms with van der Waals surface area (Å²) in [5.74, 6) is 1.76. The number of aromatic amines is 1. The van der Waals surface area contributed by atoms with Crippen LogP contribution in [0, 0.1) is 0 Å². The number of rotatable bonds is 7. The molecule has 0 amide bonds. The maximum Gasteiger partial charge on any atom is 0.193 e. The standard InChI is InChI=1S/C23H30N6/c1-24-23(25-15-14-18-10-12-20(13-11-18)28(2)3)29(4)17-22-26-16-21(27-22)19-8-6-5-7-9-19/h5-13,16H,14-15,17H2,1-4H3,(H,24,25)(H,26,27). The number of aliphatic imine (C=N–C) groups is 1. The highest BCUT2D eigenvalue weighted by Gasteiger charge is 2.10. The van der Waals surface area contributed by atoms with Crippen molar-refractivity contribution in [2.24, 2.45) is 4.99 Å². The quantitative estimate of drug-likeness (QED) is 0.480. The highest BCUT2D eigenvalue weighted by atomic mass is 15.3. The van der Waals surface area contributed by atoms with Crippen LogP contribution in [0.5, 0.6) is 0 Å². The van der Waals surface area contributed by atoms with Gasteiger partial charge in [0.15, 0.2) is 5.96 Å². The highest BCUT2D eigenvalue weighted by molar-refractivity contribution is 5.79. The normalized spacial score (nSPS) is 11.4. The maximum atomic E-state index is 4.52. The molecule has 2 N–H and O–H groups in total. The van der Waals surface area contributed by atoms with E-state index in [9.17, 15) is 0 Å². The lowest BCUT2D eigenvalue weighted by molar-refractivity contribution is 0.464. The van der Waals surface area contributed by atoms with Crippen LogP contribution in [0.3, 0.4) is 0 Å². The molecule has 0 radical (unpaired) electrons. The van der Waals surface area contributed by atoms with Crippen LogP contribution in [0.2, 0.25) is 0 Å². The van der Waals surface area contributed by atoms with Gasteiger partial charge in [-0.05, 0) is 29.7 Å². The lowest BCUT2D eigenvalue weighted by atomic mass is 10.1. The van der Waals surface area contributed by atoms with Crippen molar-refractivity contribution in [3.63, 3.8) is 0 Å². The average Bonchev–Trinajstić information content (AvgIpc) is 3.20. The van der Waals surface area contributed by atoms with E-state index in [0.717, 1.165) is 36.0 Å². The fourth-order valence-corrected chi connectivity index (χ4v) is 3.17. The third kappa shape index (κ3) is 5.60. The summed E-state index contributed by atoms with van der Waals surface area (Å²) in [6, 6.07) is 18.9. The number of nitrogens with one attached hydrogen (secondary N) is 2. The molecular formula is C23H30N6. The number of aromatic nitrogens is 2. The zero-order valence-electron chi connectivity index (χ0n) is 17.7. The summed E-state index contributed by atoms with van der Waals surface area (Å²) in [5, 5.41) is 3.44. The van der Waals surface area contributed by atoms with Crippen LogP contribution in [-0.2, 0) is 13.0 Å². The SMILES string of the molecule is CN=C(NCCc1ccc(N(C)C)cc1)N(C)Cc1ncc(-c2ccccc2)[nH]1. The van der Waals surface area contributed by atoms with Gasteiger partial charge in [0.2, 0.25) is 0 Å². The molecule has 0 atom stereocenters. The topological polar surface area (TPSA) is 59.6 Å². The predicted molar refractivity (Wildman–Crippen MR) is 121 cm³/mol. The second-order valence-electron chi connectivity index (χ2n) is 7.25. The lowest BCUT2D eigenvalue weighted by Crippen LogP contribution is -2.39. The summed E-state index contributed by atoms with van der Waals surface area (Å²) in [6.07, 6.45) is 2.82. The van der Waals surface area contributed by atoms with Crippen molar-refractivity contribution in [2.75, 3.05) is 39.6 Å². The molecule has 6 nitrogen and oxygen atoms in total. The van der Waals surface area contributed by atoms with Crippen molar-refractivity contribution in [1.82, 2.24) is 20.2 Å². The highest BCUT2D eigenvalue weighted by Crippen LogP contribution is 2.16. The van der Waals surface area contributed by atoms with E-state index in [1.165, 1.54) is 11.3 Å². The van der Waals surface area contributed by atoms with E-state index >= 15 is 0 Å². The number of anilines is 1. The minimum Gasteiger partial charge on any atom is -0.378 e. The number of imidazole rings is 1. The van der Waals surface area contributed by atoms with E-state index < -0.39 is 0 Å². The van der Waals surface area contributed by atoms with Crippen LogP contribution >= 0.6 is 0 Å². The molecule has 0 spiro atoms. The number of hydrogen-bond donors (Lipinski definition) is 2. The summed E-state index contributed by atoms with van der Waals surface area (Å²) in [7, 11) is 7.94. The molecule has 3 aromatic rings. The van der Waals surface area contributed by atoms with Crippen LogP contribution in [0.4, 0.5) is 5.69 Å².